The van der Waals surface area contributed by atoms with Crippen LogP contribution in [0.2, 0.25) is 0 Å². The third kappa shape index (κ3) is 3.35. The third-order valence-corrected chi connectivity index (χ3v) is 3.43. The minimum Gasteiger partial charge on any atom is -0.319 e. The molecule has 0 aliphatic carbocycles. The van der Waals surface area contributed by atoms with Gasteiger partial charge in [0, 0.05) is 22.9 Å². The van der Waals surface area contributed by atoms with Crippen LogP contribution in [0.3, 0.4) is 0 Å². The number of thioether (sulfide) groups is 1. The van der Waals surface area contributed by atoms with E-state index in [0.717, 1.165) is 18.5 Å². The molecule has 2 nitrogen and oxygen atoms in total. The molecule has 0 heterocycles. The van der Waals surface area contributed by atoms with E-state index < -0.39 is 0 Å². The Morgan fingerprint density at radius 3 is 2.44 bits per heavy atom. The van der Waals surface area contributed by atoms with E-state index in [2.05, 4.69) is 12.2 Å². The fourth-order valence-corrected chi connectivity index (χ4v) is 2.07. The topological polar surface area (TPSA) is 29.1 Å². The Labute approximate surface area is 102 Å². The van der Waals surface area contributed by atoms with Crippen LogP contribution in [0.4, 0.5) is 0 Å². The number of rotatable bonds is 6. The fourth-order valence-electron chi connectivity index (χ4n) is 1.66. The molecule has 1 aromatic rings. The number of carbonyl (C=O) groups excluding carboxylic acids is 1. The van der Waals surface area contributed by atoms with Gasteiger partial charge in [-0.3, -0.25) is 4.79 Å². The summed E-state index contributed by atoms with van der Waals surface area (Å²) < 4.78 is 0. The molecule has 0 saturated carbocycles. The number of nitrogens with one attached hydrogen (secondary N) is 1. The molecule has 3 heteroatoms. The minimum atomic E-state index is 0.0881. The molecule has 0 amide bonds. The first-order valence-corrected chi connectivity index (χ1v) is 6.78. The lowest BCUT2D eigenvalue weighted by molar-refractivity contribution is 0.0916. The van der Waals surface area contributed by atoms with Crippen molar-refractivity contribution in [2.45, 2.75) is 18.2 Å². The van der Waals surface area contributed by atoms with E-state index in [1.165, 1.54) is 4.90 Å². The first kappa shape index (κ1) is 13.3. The first-order chi connectivity index (χ1) is 7.72. The highest BCUT2D eigenvalue weighted by Gasteiger charge is 2.16. The van der Waals surface area contributed by atoms with E-state index in [1.807, 2.05) is 37.6 Å². The molecule has 0 aliphatic rings. The highest BCUT2D eigenvalue weighted by molar-refractivity contribution is 7.98. The summed E-state index contributed by atoms with van der Waals surface area (Å²) in [5.41, 5.74) is 0.819. The maximum atomic E-state index is 12.1. The minimum absolute atomic E-state index is 0.0881. The lowest BCUT2D eigenvalue weighted by atomic mass is 9.95. The molecule has 16 heavy (non-hydrogen) atoms. The van der Waals surface area contributed by atoms with Crippen LogP contribution in [0.25, 0.3) is 0 Å². The predicted molar refractivity (Wildman–Crippen MR) is 70.3 cm³/mol. The quantitative estimate of drug-likeness (QED) is 0.609. The van der Waals surface area contributed by atoms with E-state index >= 15 is 0 Å². The van der Waals surface area contributed by atoms with Crippen LogP contribution < -0.4 is 5.32 Å². The molecule has 1 N–H and O–H groups in total. The molecule has 0 fully saturated rings. The van der Waals surface area contributed by atoms with E-state index in [-0.39, 0.29) is 11.7 Å². The molecule has 1 unspecified atom stereocenters. The Bertz CT molecular complexity index is 334. The molecule has 88 valence electrons. The van der Waals surface area contributed by atoms with E-state index in [0.29, 0.717) is 0 Å². The molecule has 0 bridgehead atoms. The molecule has 0 radical (unpaired) electrons. The Kier molecular flexibility index (Phi) is 5.56. The Morgan fingerprint density at radius 1 is 1.38 bits per heavy atom. The van der Waals surface area contributed by atoms with E-state index in [9.17, 15) is 4.79 Å². The fraction of sp³-hybridized carbons (Fsp3) is 0.462. The number of carbonyl (C=O) groups is 1. The summed E-state index contributed by atoms with van der Waals surface area (Å²) in [6.07, 6.45) is 2.91. The van der Waals surface area contributed by atoms with Gasteiger partial charge in [0.25, 0.3) is 0 Å². The lowest BCUT2D eigenvalue weighted by Gasteiger charge is -2.13. The zero-order valence-electron chi connectivity index (χ0n) is 10.1. The van der Waals surface area contributed by atoms with E-state index in [1.54, 1.807) is 11.8 Å². The van der Waals surface area contributed by atoms with Gasteiger partial charge in [0.2, 0.25) is 0 Å². The number of Topliss-reactive ketones (excluding diaryl/α,β-unsaturated/α-hetero) is 1. The third-order valence-electron chi connectivity index (χ3n) is 2.69. The molecule has 0 aliphatic heterocycles. The molecular formula is C13H19NOS. The van der Waals surface area contributed by atoms with Gasteiger partial charge >= 0.3 is 0 Å². The number of hydrogen-bond acceptors (Lipinski definition) is 3. The van der Waals surface area contributed by atoms with Crippen LogP contribution in [0.15, 0.2) is 29.2 Å². The van der Waals surface area contributed by atoms with Crippen molar-refractivity contribution in [3.05, 3.63) is 29.8 Å². The summed E-state index contributed by atoms with van der Waals surface area (Å²) in [5.74, 6) is 0.328. The molecule has 1 atom stereocenters. The van der Waals surface area contributed by atoms with Gasteiger partial charge in [-0.2, -0.15) is 0 Å². The molecule has 1 aromatic carbocycles. The number of hydrogen-bond donors (Lipinski definition) is 1. The van der Waals surface area contributed by atoms with Crippen molar-refractivity contribution in [2.75, 3.05) is 19.8 Å². The van der Waals surface area contributed by atoms with Crippen molar-refractivity contribution in [1.82, 2.24) is 5.32 Å². The summed E-state index contributed by atoms with van der Waals surface area (Å²) in [5, 5.41) is 3.07. The summed E-state index contributed by atoms with van der Waals surface area (Å²) in [7, 11) is 1.88. The van der Waals surface area contributed by atoms with Crippen LogP contribution in [-0.2, 0) is 0 Å². The Balaban J connectivity index is 2.78. The van der Waals surface area contributed by atoms with Crippen LogP contribution >= 0.6 is 11.8 Å². The van der Waals surface area contributed by atoms with Crippen molar-refractivity contribution in [3.63, 3.8) is 0 Å². The number of ketones is 1. The second-order valence-corrected chi connectivity index (χ2v) is 4.64. The van der Waals surface area contributed by atoms with Gasteiger partial charge in [0.15, 0.2) is 5.78 Å². The summed E-state index contributed by atoms with van der Waals surface area (Å²) in [4.78, 5) is 13.3. The molecule has 0 spiro atoms. The second-order valence-electron chi connectivity index (χ2n) is 3.76. The van der Waals surface area contributed by atoms with Crippen LogP contribution in [0, 0.1) is 5.92 Å². The SMILES string of the molecule is CCC(CNC)C(=O)c1ccc(SC)cc1. The average molecular weight is 237 g/mol. The smallest absolute Gasteiger partial charge is 0.167 e. The van der Waals surface area contributed by atoms with Gasteiger partial charge in [0.05, 0.1) is 0 Å². The average Bonchev–Trinajstić information content (AvgIpc) is 2.35. The molecule has 1 rings (SSSR count). The van der Waals surface area contributed by atoms with Crippen molar-refractivity contribution in [2.24, 2.45) is 5.92 Å². The molecule has 0 aromatic heterocycles. The maximum Gasteiger partial charge on any atom is 0.167 e. The van der Waals surface area contributed by atoms with Gasteiger partial charge < -0.3 is 5.32 Å². The zero-order valence-corrected chi connectivity index (χ0v) is 10.9. The van der Waals surface area contributed by atoms with Crippen LogP contribution in [-0.4, -0.2) is 25.6 Å². The number of benzene rings is 1. The van der Waals surface area contributed by atoms with Crippen molar-refractivity contribution >= 4 is 17.5 Å². The van der Waals surface area contributed by atoms with Gasteiger partial charge in [-0.15, -0.1) is 11.8 Å². The van der Waals surface area contributed by atoms with E-state index in [4.69, 9.17) is 0 Å². The van der Waals surface area contributed by atoms with Crippen LogP contribution in [0.5, 0.6) is 0 Å². The Hall–Kier alpha value is -0.800. The monoisotopic (exact) mass is 237 g/mol. The van der Waals surface area contributed by atoms with Gasteiger partial charge in [-0.05, 0) is 31.9 Å². The predicted octanol–water partition coefficient (Wildman–Crippen LogP) is 2.84. The Morgan fingerprint density at radius 2 is 2.00 bits per heavy atom. The van der Waals surface area contributed by atoms with Crippen molar-refractivity contribution in [3.8, 4) is 0 Å². The van der Waals surface area contributed by atoms with Crippen molar-refractivity contribution in [1.29, 1.82) is 0 Å². The normalized spacial score (nSPS) is 12.4. The first-order valence-electron chi connectivity index (χ1n) is 5.55. The molecule has 0 saturated heterocycles. The highest BCUT2D eigenvalue weighted by Crippen LogP contribution is 2.17. The highest BCUT2D eigenvalue weighted by atomic mass is 32.2. The molecular weight excluding hydrogens is 218 g/mol. The second kappa shape index (κ2) is 6.71. The van der Waals surface area contributed by atoms with Crippen LogP contribution in [0.1, 0.15) is 23.7 Å². The summed E-state index contributed by atoms with van der Waals surface area (Å²) in [6.45, 7) is 2.80. The zero-order chi connectivity index (χ0) is 12.0. The lowest BCUT2D eigenvalue weighted by Crippen LogP contribution is -2.25. The van der Waals surface area contributed by atoms with Gasteiger partial charge in [0.1, 0.15) is 0 Å². The summed E-state index contributed by atoms with van der Waals surface area (Å²) in [6, 6.07) is 7.85. The van der Waals surface area contributed by atoms with Crippen molar-refractivity contribution < 1.29 is 4.79 Å². The standard InChI is InChI=1S/C13H19NOS/c1-4-10(9-14-2)13(15)11-5-7-12(16-3)8-6-11/h5-8,10,14H,4,9H2,1-3H3. The van der Waals surface area contributed by atoms with Gasteiger partial charge in [-0.1, -0.05) is 19.1 Å². The maximum absolute atomic E-state index is 12.1. The largest absolute Gasteiger partial charge is 0.319 e. The van der Waals surface area contributed by atoms with Gasteiger partial charge in [-0.25, -0.2) is 0 Å². The summed E-state index contributed by atoms with van der Waals surface area (Å²) >= 11 is 1.69.